The van der Waals surface area contributed by atoms with Crippen molar-refractivity contribution >= 4 is 5.97 Å². The van der Waals surface area contributed by atoms with E-state index in [4.69, 9.17) is 33.2 Å². The highest BCUT2D eigenvalue weighted by atomic mass is 16.7. The van der Waals surface area contributed by atoms with E-state index in [-0.39, 0.29) is 43.1 Å². The van der Waals surface area contributed by atoms with Crippen LogP contribution in [0.5, 0.6) is 0 Å². The molecule has 0 spiro atoms. The molecule has 3 N–H and O–H groups in total. The van der Waals surface area contributed by atoms with Crippen LogP contribution in [-0.2, 0) is 44.5 Å². The molecular weight excluding hydrogens is 789 g/mol. The van der Waals surface area contributed by atoms with E-state index in [1.54, 1.807) is 45.9 Å². The number of cyclic esters (lactones) is 1. The zero-order valence-electron chi connectivity index (χ0n) is 38.6. The van der Waals surface area contributed by atoms with Gasteiger partial charge in [0.05, 0.1) is 72.1 Å². The summed E-state index contributed by atoms with van der Waals surface area (Å²) in [5, 5.41) is 43.5. The summed E-state index contributed by atoms with van der Waals surface area (Å²) in [6.45, 7) is 16.0. The van der Waals surface area contributed by atoms with Gasteiger partial charge in [0.15, 0.2) is 12.6 Å². The van der Waals surface area contributed by atoms with E-state index in [0.29, 0.717) is 37.3 Å². The number of carbonyl (C=O) groups excluding carboxylic acids is 1. The number of esters is 1. The molecule has 0 bridgehead atoms. The molecule has 2 aromatic heterocycles. The van der Waals surface area contributed by atoms with Gasteiger partial charge in [0.25, 0.3) is 0 Å². The third-order valence-corrected chi connectivity index (χ3v) is 13.6. The van der Waals surface area contributed by atoms with Crippen molar-refractivity contribution in [1.82, 2.24) is 29.8 Å². The van der Waals surface area contributed by atoms with Crippen molar-refractivity contribution in [1.29, 1.82) is 0 Å². The lowest BCUT2D eigenvalue weighted by atomic mass is 9.75. The van der Waals surface area contributed by atoms with Crippen molar-refractivity contribution in [2.45, 2.75) is 160 Å². The van der Waals surface area contributed by atoms with Gasteiger partial charge in [-0.1, -0.05) is 32.1 Å². The lowest BCUT2D eigenvalue weighted by molar-refractivity contribution is -0.319. The highest BCUT2D eigenvalue weighted by molar-refractivity contribution is 5.72. The number of methoxy groups -OCH3 is 2. The fourth-order valence-electron chi connectivity index (χ4n) is 9.61. The molecule has 5 heterocycles. The number of aliphatic hydroxyl groups excluding tert-OH is 3. The van der Waals surface area contributed by atoms with E-state index >= 15 is 0 Å². The quantitative estimate of drug-likeness (QED) is 0.295. The second-order valence-corrected chi connectivity index (χ2v) is 18.7. The summed E-state index contributed by atoms with van der Waals surface area (Å²) in [6, 6.07) is 4.99. The molecule has 0 aromatic carbocycles. The Morgan fingerprint density at radius 2 is 1.62 bits per heavy atom. The molecule has 5 rings (SSSR count). The van der Waals surface area contributed by atoms with E-state index in [9.17, 15) is 20.1 Å². The fourth-order valence-corrected chi connectivity index (χ4v) is 9.61. The van der Waals surface area contributed by atoms with Gasteiger partial charge in [-0.25, -0.2) is 0 Å². The topological polar surface area (TPSA) is 192 Å². The third kappa shape index (κ3) is 11.5. The lowest BCUT2D eigenvalue weighted by Gasteiger charge is -2.49. The van der Waals surface area contributed by atoms with Crippen molar-refractivity contribution in [3.8, 4) is 11.4 Å². The SMILES string of the molecule is CO[C@]1(C)C[C@@H](C)[C@H](O)[C@H](C)CN(C)[C@H](Cn2cc(-c3ccccn3)nn2)COC(=O)[C@H](C)[C@@H](O[C@H]2C[C@@](C)(OC)[C@@H](O)[C@H](C)O2)[C@H](C)[C@H]1O[C@@H]1O[C@H](C)C[C@H](N(C)C)[C@H]1O. The van der Waals surface area contributed by atoms with Gasteiger partial charge >= 0.3 is 5.97 Å². The van der Waals surface area contributed by atoms with Crippen molar-refractivity contribution in [2.75, 3.05) is 48.5 Å². The first-order valence-corrected chi connectivity index (χ1v) is 21.8. The van der Waals surface area contributed by atoms with Crippen LogP contribution < -0.4 is 0 Å². The van der Waals surface area contributed by atoms with Crippen LogP contribution in [0.25, 0.3) is 11.4 Å². The molecule has 3 aliphatic rings. The van der Waals surface area contributed by atoms with Crippen molar-refractivity contribution < 1.29 is 53.3 Å². The minimum Gasteiger partial charge on any atom is -0.464 e. The summed E-state index contributed by atoms with van der Waals surface area (Å²) in [4.78, 5) is 23.0. The first kappa shape index (κ1) is 49.3. The number of likely N-dealkylation sites (N-methyl/N-ethyl adjacent to an activating group) is 2. The molecule has 0 unspecified atom stereocenters. The van der Waals surface area contributed by atoms with Crippen molar-refractivity contribution in [3.63, 3.8) is 0 Å². The van der Waals surface area contributed by atoms with Crippen molar-refractivity contribution in [3.05, 3.63) is 30.6 Å². The molecule has 61 heavy (non-hydrogen) atoms. The maximum Gasteiger partial charge on any atom is 0.311 e. The first-order valence-electron chi connectivity index (χ1n) is 21.8. The maximum absolute atomic E-state index is 14.5. The number of pyridine rings is 1. The monoisotopic (exact) mass is 863 g/mol. The largest absolute Gasteiger partial charge is 0.464 e. The molecule has 0 aliphatic carbocycles. The summed E-state index contributed by atoms with van der Waals surface area (Å²) in [5.74, 6) is -2.53. The van der Waals surface area contributed by atoms with E-state index in [1.807, 2.05) is 85.1 Å². The van der Waals surface area contributed by atoms with E-state index in [0.717, 1.165) is 0 Å². The summed E-state index contributed by atoms with van der Waals surface area (Å²) >= 11 is 0. The Bertz CT molecular complexity index is 1670. The molecule has 3 saturated heterocycles. The van der Waals surface area contributed by atoms with Crippen LogP contribution in [0, 0.1) is 23.7 Å². The molecule has 0 radical (unpaired) electrons. The molecule has 346 valence electrons. The molecule has 0 saturated carbocycles. The van der Waals surface area contributed by atoms with Crippen LogP contribution in [0.4, 0.5) is 0 Å². The first-order chi connectivity index (χ1) is 28.7. The number of rotatable bonds is 10. The average Bonchev–Trinajstić information content (AvgIpc) is 3.70. The van der Waals surface area contributed by atoms with Crippen LogP contribution in [0.2, 0.25) is 0 Å². The predicted molar refractivity (Wildman–Crippen MR) is 226 cm³/mol. The number of nitrogens with zero attached hydrogens (tertiary/aromatic N) is 6. The minimum atomic E-state index is -1.10. The molecular formula is C44H74N6O11. The Morgan fingerprint density at radius 1 is 0.918 bits per heavy atom. The minimum absolute atomic E-state index is 0.00442. The summed E-state index contributed by atoms with van der Waals surface area (Å²) in [6.07, 6.45) is -2.66. The van der Waals surface area contributed by atoms with Gasteiger partial charge < -0.3 is 53.4 Å². The predicted octanol–water partition coefficient (Wildman–Crippen LogP) is 3.00. The molecule has 2 aromatic rings. The zero-order valence-corrected chi connectivity index (χ0v) is 38.6. The maximum atomic E-state index is 14.5. The number of ether oxygens (including phenoxy) is 7. The van der Waals surface area contributed by atoms with Gasteiger partial charge in [-0.15, -0.1) is 5.10 Å². The summed E-state index contributed by atoms with van der Waals surface area (Å²) < 4.78 is 46.6. The van der Waals surface area contributed by atoms with E-state index in [2.05, 4.69) is 20.2 Å². The Kier molecular flexibility index (Phi) is 16.9. The van der Waals surface area contributed by atoms with Crippen LogP contribution in [0.15, 0.2) is 30.6 Å². The highest BCUT2D eigenvalue weighted by Crippen LogP contribution is 2.41. The summed E-state index contributed by atoms with van der Waals surface area (Å²) in [5.41, 5.74) is -0.798. The van der Waals surface area contributed by atoms with E-state index < -0.39 is 78.2 Å². The van der Waals surface area contributed by atoms with Crippen LogP contribution in [0.1, 0.15) is 74.7 Å². The van der Waals surface area contributed by atoms with Crippen LogP contribution in [-0.4, -0.2) is 178 Å². The summed E-state index contributed by atoms with van der Waals surface area (Å²) in [7, 11) is 8.93. The number of hydrogen-bond donors (Lipinski definition) is 3. The van der Waals surface area contributed by atoms with Crippen LogP contribution in [0.3, 0.4) is 0 Å². The normalized spacial score (nSPS) is 41.5. The number of aliphatic hydroxyl groups is 3. The van der Waals surface area contributed by atoms with Crippen LogP contribution >= 0.6 is 0 Å². The van der Waals surface area contributed by atoms with Gasteiger partial charge in [0.2, 0.25) is 0 Å². The molecule has 3 fully saturated rings. The Balaban J connectivity index is 1.55. The highest BCUT2D eigenvalue weighted by Gasteiger charge is 2.52. The second kappa shape index (κ2) is 20.9. The van der Waals surface area contributed by atoms with Crippen molar-refractivity contribution in [2.24, 2.45) is 23.7 Å². The number of aromatic nitrogens is 4. The Labute approximate surface area is 362 Å². The smallest absolute Gasteiger partial charge is 0.311 e. The Hall–Kier alpha value is -2.68. The number of hydrogen-bond acceptors (Lipinski definition) is 16. The Morgan fingerprint density at radius 3 is 2.26 bits per heavy atom. The molecule has 17 heteroatoms. The van der Waals surface area contributed by atoms with Gasteiger partial charge in [-0.3, -0.25) is 19.4 Å². The standard InChI is InChI=1S/C44H74N6O11/c1-25-19-44(8,56-13)40(61-42-37(52)34(48(9)10)18-27(3)58-42)28(4)38(60-35-20-43(7,55-12)39(53)30(6)59-35)29(5)41(54)57-24-31(49(11)21-26(2)36(25)51)22-50-23-33(46-47-50)32-16-14-15-17-45-32/h14-17,23,25-31,34-40,42,51-53H,18-22,24H2,1-13H3/t25-,26-,27-,28+,29-,30+,31-,34+,35+,36+,37-,38+,39+,40-,42+,43-,44-/m1/s1. The third-order valence-electron chi connectivity index (χ3n) is 13.6. The zero-order chi connectivity index (χ0) is 45.0. The van der Waals surface area contributed by atoms with Gasteiger partial charge in [-0.2, -0.15) is 0 Å². The average molecular weight is 863 g/mol. The fraction of sp³-hybridized carbons (Fsp3) is 0.818. The number of carbonyl (C=O) groups is 1. The van der Waals surface area contributed by atoms with E-state index in [1.165, 1.54) is 0 Å². The van der Waals surface area contributed by atoms with Gasteiger partial charge in [0.1, 0.15) is 24.5 Å². The van der Waals surface area contributed by atoms with Gasteiger partial charge in [0, 0.05) is 45.3 Å². The molecule has 17 nitrogen and oxygen atoms in total. The molecule has 17 atom stereocenters. The van der Waals surface area contributed by atoms with Gasteiger partial charge in [-0.05, 0) is 92.6 Å². The molecule has 0 amide bonds. The lowest BCUT2D eigenvalue weighted by Crippen LogP contribution is -2.61. The molecule has 3 aliphatic heterocycles. The second-order valence-electron chi connectivity index (χ2n) is 18.7.